The number of nitrogens with one attached hydrogen (secondary N) is 1. The number of carbonyl (C=O) groups excluding carboxylic acids is 1. The van der Waals surface area contributed by atoms with E-state index in [1.54, 1.807) is 0 Å². The van der Waals surface area contributed by atoms with Gasteiger partial charge in [-0.3, -0.25) is 9.69 Å². The van der Waals surface area contributed by atoms with Crippen molar-refractivity contribution in [3.8, 4) is 5.75 Å². The molecule has 0 fully saturated rings. The number of aryl methyl sites for hydroxylation is 1. The summed E-state index contributed by atoms with van der Waals surface area (Å²) in [5.74, 6) is 0.819. The Hall–Kier alpha value is -2.33. The standard InChI is InChI=1S/C21H28N2O2/c1-4-8-17-11-13-19(14-12-17)25-16-15-22-21(24)20(23(2)3)18-9-6-5-7-10-18/h5-7,9-14,20H,4,8,15-16H2,1-3H3,(H,22,24)/t20-/m0/s1. The monoisotopic (exact) mass is 340 g/mol. The molecule has 0 aliphatic carbocycles. The zero-order valence-electron chi connectivity index (χ0n) is 15.4. The molecule has 1 amide bonds. The van der Waals surface area contributed by atoms with E-state index < -0.39 is 0 Å². The van der Waals surface area contributed by atoms with Crippen molar-refractivity contribution in [1.29, 1.82) is 0 Å². The lowest BCUT2D eigenvalue weighted by molar-refractivity contribution is -0.125. The van der Waals surface area contributed by atoms with Crippen LogP contribution in [0.4, 0.5) is 0 Å². The quantitative estimate of drug-likeness (QED) is 0.711. The topological polar surface area (TPSA) is 41.6 Å². The number of carbonyl (C=O) groups is 1. The lowest BCUT2D eigenvalue weighted by Gasteiger charge is -2.23. The van der Waals surface area contributed by atoms with Crippen LogP contribution < -0.4 is 10.1 Å². The fraction of sp³-hybridized carbons (Fsp3) is 0.381. The molecule has 2 rings (SSSR count). The minimum absolute atomic E-state index is 0.0157. The molecule has 1 atom stereocenters. The molecule has 0 aliphatic rings. The number of hydrogen-bond acceptors (Lipinski definition) is 3. The first-order chi connectivity index (χ1) is 12.1. The zero-order chi connectivity index (χ0) is 18.1. The van der Waals surface area contributed by atoms with Crippen LogP contribution in [0.2, 0.25) is 0 Å². The minimum atomic E-state index is -0.297. The molecule has 2 aromatic carbocycles. The molecule has 1 N–H and O–H groups in total. The second-order valence-electron chi connectivity index (χ2n) is 6.31. The molecule has 25 heavy (non-hydrogen) atoms. The van der Waals surface area contributed by atoms with E-state index >= 15 is 0 Å². The number of benzene rings is 2. The second-order valence-corrected chi connectivity index (χ2v) is 6.31. The highest BCUT2D eigenvalue weighted by molar-refractivity contribution is 5.83. The van der Waals surface area contributed by atoms with Gasteiger partial charge in [0.1, 0.15) is 18.4 Å². The molecule has 2 aromatic rings. The van der Waals surface area contributed by atoms with E-state index in [1.165, 1.54) is 5.56 Å². The molecule has 134 valence electrons. The van der Waals surface area contributed by atoms with Gasteiger partial charge in [-0.05, 0) is 43.8 Å². The molecule has 0 bridgehead atoms. The van der Waals surface area contributed by atoms with E-state index in [2.05, 4.69) is 24.4 Å². The Morgan fingerprint density at radius 1 is 1.08 bits per heavy atom. The molecular weight excluding hydrogens is 312 g/mol. The number of rotatable bonds is 9. The number of hydrogen-bond donors (Lipinski definition) is 1. The van der Waals surface area contributed by atoms with E-state index in [-0.39, 0.29) is 11.9 Å². The summed E-state index contributed by atoms with van der Waals surface area (Å²) in [5.41, 5.74) is 2.30. The van der Waals surface area contributed by atoms with Gasteiger partial charge in [0.2, 0.25) is 5.91 Å². The summed E-state index contributed by atoms with van der Waals surface area (Å²) in [6, 6.07) is 17.7. The Kier molecular flexibility index (Phi) is 7.48. The van der Waals surface area contributed by atoms with Crippen LogP contribution >= 0.6 is 0 Å². The Balaban J connectivity index is 1.80. The van der Waals surface area contributed by atoms with Crippen molar-refractivity contribution in [3.63, 3.8) is 0 Å². The first-order valence-corrected chi connectivity index (χ1v) is 8.82. The Labute approximate surface area is 150 Å². The van der Waals surface area contributed by atoms with E-state index in [0.717, 1.165) is 24.2 Å². The molecule has 0 heterocycles. The van der Waals surface area contributed by atoms with Crippen LogP contribution in [0, 0.1) is 0 Å². The van der Waals surface area contributed by atoms with Crippen LogP contribution in [0.5, 0.6) is 5.75 Å². The number of amides is 1. The molecule has 4 heteroatoms. The van der Waals surface area contributed by atoms with Crippen molar-refractivity contribution in [1.82, 2.24) is 10.2 Å². The van der Waals surface area contributed by atoms with Gasteiger partial charge in [0, 0.05) is 0 Å². The summed E-state index contributed by atoms with van der Waals surface area (Å²) < 4.78 is 5.71. The summed E-state index contributed by atoms with van der Waals surface area (Å²) >= 11 is 0. The normalized spacial score (nSPS) is 12.0. The van der Waals surface area contributed by atoms with Gasteiger partial charge in [0.15, 0.2) is 0 Å². The summed E-state index contributed by atoms with van der Waals surface area (Å²) in [4.78, 5) is 14.4. The summed E-state index contributed by atoms with van der Waals surface area (Å²) in [5, 5.41) is 2.96. The van der Waals surface area contributed by atoms with Crippen molar-refractivity contribution in [3.05, 3.63) is 65.7 Å². The van der Waals surface area contributed by atoms with Gasteiger partial charge in [0.25, 0.3) is 0 Å². The largest absolute Gasteiger partial charge is 0.492 e. The van der Waals surface area contributed by atoms with Gasteiger partial charge >= 0.3 is 0 Å². The fourth-order valence-electron chi connectivity index (χ4n) is 2.80. The van der Waals surface area contributed by atoms with Crippen molar-refractivity contribution < 1.29 is 9.53 Å². The number of ether oxygens (including phenoxy) is 1. The summed E-state index contributed by atoms with van der Waals surface area (Å²) in [6.45, 7) is 3.10. The van der Waals surface area contributed by atoms with Crippen molar-refractivity contribution in [2.75, 3.05) is 27.2 Å². The molecule has 4 nitrogen and oxygen atoms in total. The van der Waals surface area contributed by atoms with Gasteiger partial charge in [-0.2, -0.15) is 0 Å². The Morgan fingerprint density at radius 2 is 1.76 bits per heavy atom. The van der Waals surface area contributed by atoms with Crippen LogP contribution in [0.15, 0.2) is 54.6 Å². The SMILES string of the molecule is CCCc1ccc(OCCNC(=O)[C@H](c2ccccc2)N(C)C)cc1. The van der Waals surface area contributed by atoms with Gasteiger partial charge in [-0.15, -0.1) is 0 Å². The highest BCUT2D eigenvalue weighted by Crippen LogP contribution is 2.18. The van der Waals surface area contributed by atoms with Crippen LogP contribution in [0.1, 0.15) is 30.5 Å². The molecular formula is C21H28N2O2. The highest BCUT2D eigenvalue weighted by Gasteiger charge is 2.22. The summed E-state index contributed by atoms with van der Waals surface area (Å²) in [7, 11) is 3.82. The molecule has 0 aliphatic heterocycles. The zero-order valence-corrected chi connectivity index (χ0v) is 15.4. The van der Waals surface area contributed by atoms with Crippen LogP contribution in [0.25, 0.3) is 0 Å². The van der Waals surface area contributed by atoms with Crippen LogP contribution in [-0.4, -0.2) is 38.1 Å². The Bertz CT molecular complexity index is 639. The molecule has 0 saturated carbocycles. The first kappa shape index (κ1) is 19.0. The van der Waals surface area contributed by atoms with Crippen LogP contribution in [0.3, 0.4) is 0 Å². The predicted octanol–water partition coefficient (Wildman–Crippen LogP) is 3.44. The molecule has 0 saturated heterocycles. The molecule has 0 unspecified atom stereocenters. The van der Waals surface area contributed by atoms with E-state index in [4.69, 9.17) is 4.74 Å². The predicted molar refractivity (Wildman–Crippen MR) is 102 cm³/mol. The first-order valence-electron chi connectivity index (χ1n) is 8.82. The molecule has 0 spiro atoms. The maximum absolute atomic E-state index is 12.5. The average Bonchev–Trinajstić information content (AvgIpc) is 2.61. The molecule has 0 radical (unpaired) electrons. The average molecular weight is 340 g/mol. The third kappa shape index (κ3) is 5.91. The smallest absolute Gasteiger partial charge is 0.242 e. The molecule has 0 aromatic heterocycles. The number of likely N-dealkylation sites (N-methyl/N-ethyl adjacent to an activating group) is 1. The Morgan fingerprint density at radius 3 is 2.36 bits per heavy atom. The van der Waals surface area contributed by atoms with Gasteiger partial charge in [0.05, 0.1) is 6.54 Å². The van der Waals surface area contributed by atoms with Gasteiger partial charge in [-0.1, -0.05) is 55.8 Å². The van der Waals surface area contributed by atoms with Crippen molar-refractivity contribution in [2.45, 2.75) is 25.8 Å². The van der Waals surface area contributed by atoms with Crippen molar-refractivity contribution in [2.24, 2.45) is 0 Å². The van der Waals surface area contributed by atoms with E-state index in [1.807, 2.05) is 61.5 Å². The summed E-state index contributed by atoms with van der Waals surface area (Å²) in [6.07, 6.45) is 2.22. The van der Waals surface area contributed by atoms with Crippen LogP contribution in [-0.2, 0) is 11.2 Å². The van der Waals surface area contributed by atoms with E-state index in [9.17, 15) is 4.79 Å². The number of nitrogens with zero attached hydrogens (tertiary/aromatic N) is 1. The maximum Gasteiger partial charge on any atom is 0.242 e. The maximum atomic E-state index is 12.5. The van der Waals surface area contributed by atoms with Gasteiger partial charge in [-0.25, -0.2) is 0 Å². The third-order valence-corrected chi connectivity index (χ3v) is 4.01. The van der Waals surface area contributed by atoms with Crippen molar-refractivity contribution >= 4 is 5.91 Å². The highest BCUT2D eigenvalue weighted by atomic mass is 16.5. The fourth-order valence-corrected chi connectivity index (χ4v) is 2.80. The minimum Gasteiger partial charge on any atom is -0.492 e. The lowest BCUT2D eigenvalue weighted by Crippen LogP contribution is -2.38. The van der Waals surface area contributed by atoms with E-state index in [0.29, 0.717) is 13.2 Å². The lowest BCUT2D eigenvalue weighted by atomic mass is 10.1. The van der Waals surface area contributed by atoms with Gasteiger partial charge < -0.3 is 10.1 Å². The second kappa shape index (κ2) is 9.84. The third-order valence-electron chi connectivity index (χ3n) is 4.01.